The number of hydrogen-bond acceptors (Lipinski definition) is 4. The molecule has 0 aromatic heterocycles. The van der Waals surface area contributed by atoms with Crippen molar-refractivity contribution in [3.05, 3.63) is 0 Å². The average Bonchev–Trinajstić information content (AvgIpc) is 2.83. The highest BCUT2D eigenvalue weighted by molar-refractivity contribution is 8.01. The molecule has 2 aliphatic heterocycles. The van der Waals surface area contributed by atoms with E-state index in [1.807, 2.05) is 7.05 Å². The zero-order valence-electron chi connectivity index (χ0n) is 11.4. The minimum absolute atomic E-state index is 0. The molecule has 2 unspecified atom stereocenters. The highest BCUT2D eigenvalue weighted by Crippen LogP contribution is 2.47. The lowest BCUT2D eigenvalue weighted by atomic mass is 10.2. The van der Waals surface area contributed by atoms with E-state index in [1.54, 1.807) is 16.7 Å². The lowest BCUT2D eigenvalue weighted by Crippen LogP contribution is -2.50. The highest BCUT2D eigenvalue weighted by Gasteiger charge is 2.52. The molecule has 0 spiro atoms. The van der Waals surface area contributed by atoms with Crippen LogP contribution in [0.15, 0.2) is 0 Å². The second-order valence-electron chi connectivity index (χ2n) is 5.01. The summed E-state index contributed by atoms with van der Waals surface area (Å²) in [5.74, 6) is 0.843. The average molecular weight is 308 g/mol. The molecule has 2 amide bonds. The fourth-order valence-electron chi connectivity index (χ4n) is 2.61. The number of rotatable bonds is 5. The Morgan fingerprint density at radius 1 is 1.53 bits per heavy atom. The van der Waals surface area contributed by atoms with E-state index in [9.17, 15) is 9.59 Å². The molecule has 2 N–H and O–H groups in total. The van der Waals surface area contributed by atoms with Crippen LogP contribution in [0.25, 0.3) is 0 Å². The molecule has 0 radical (unpaired) electrons. The fourth-order valence-corrected chi connectivity index (χ4v) is 4.04. The molecule has 5 nitrogen and oxygen atoms in total. The van der Waals surface area contributed by atoms with Crippen molar-refractivity contribution >= 4 is 36.0 Å². The molecule has 19 heavy (non-hydrogen) atoms. The first kappa shape index (κ1) is 16.6. The monoisotopic (exact) mass is 307 g/mol. The van der Waals surface area contributed by atoms with E-state index in [1.165, 1.54) is 0 Å². The van der Waals surface area contributed by atoms with Crippen molar-refractivity contribution in [3.8, 4) is 0 Å². The topological polar surface area (TPSA) is 61.4 Å². The van der Waals surface area contributed by atoms with Crippen LogP contribution in [0.4, 0.5) is 0 Å². The molecule has 0 aromatic rings. The molecule has 2 rings (SSSR count). The number of nitrogens with one attached hydrogen (secondary N) is 2. The van der Waals surface area contributed by atoms with Crippen molar-refractivity contribution in [1.29, 1.82) is 0 Å². The minimum Gasteiger partial charge on any atom is -0.354 e. The normalized spacial score (nSPS) is 29.1. The molecule has 2 saturated heterocycles. The van der Waals surface area contributed by atoms with Gasteiger partial charge in [-0.25, -0.2) is 0 Å². The number of halogens is 1. The first-order chi connectivity index (χ1) is 8.58. The zero-order chi connectivity index (χ0) is 13.2. The van der Waals surface area contributed by atoms with Gasteiger partial charge in [0, 0.05) is 18.7 Å². The lowest BCUT2D eigenvalue weighted by molar-refractivity contribution is -0.137. The second-order valence-corrected chi connectivity index (χ2v) is 6.52. The van der Waals surface area contributed by atoms with Gasteiger partial charge >= 0.3 is 0 Å². The van der Waals surface area contributed by atoms with Crippen molar-refractivity contribution in [2.45, 2.75) is 37.1 Å². The zero-order valence-corrected chi connectivity index (χ0v) is 13.0. The summed E-state index contributed by atoms with van der Waals surface area (Å²) >= 11 is 1.73. The lowest BCUT2D eigenvalue weighted by Gasteiger charge is -2.29. The number of hydrogen-bond donors (Lipinski definition) is 2. The summed E-state index contributed by atoms with van der Waals surface area (Å²) in [7, 11) is 1.89. The summed E-state index contributed by atoms with van der Waals surface area (Å²) in [6.45, 7) is 3.62. The van der Waals surface area contributed by atoms with Gasteiger partial charge in [0.15, 0.2) is 0 Å². The van der Waals surface area contributed by atoms with Gasteiger partial charge in [0.2, 0.25) is 11.8 Å². The van der Waals surface area contributed by atoms with E-state index in [0.717, 1.165) is 25.1 Å². The van der Waals surface area contributed by atoms with Gasteiger partial charge in [0.25, 0.3) is 0 Å². The van der Waals surface area contributed by atoms with Gasteiger partial charge in [-0.05, 0) is 33.4 Å². The SMILES string of the molecule is CNCCCNC(=O)C1CSC2(C)CCC(=O)N12.Cl. The van der Waals surface area contributed by atoms with E-state index in [-0.39, 0.29) is 35.1 Å². The van der Waals surface area contributed by atoms with E-state index >= 15 is 0 Å². The Bertz CT molecular complexity index is 356. The van der Waals surface area contributed by atoms with Crippen LogP contribution < -0.4 is 10.6 Å². The van der Waals surface area contributed by atoms with Crippen LogP contribution >= 0.6 is 24.2 Å². The highest BCUT2D eigenvalue weighted by atomic mass is 35.5. The Kier molecular flexibility index (Phi) is 5.95. The smallest absolute Gasteiger partial charge is 0.243 e. The van der Waals surface area contributed by atoms with Crippen LogP contribution in [0.2, 0.25) is 0 Å². The van der Waals surface area contributed by atoms with E-state index in [0.29, 0.717) is 13.0 Å². The molecule has 7 heteroatoms. The van der Waals surface area contributed by atoms with E-state index in [4.69, 9.17) is 0 Å². The Morgan fingerprint density at radius 3 is 2.95 bits per heavy atom. The first-order valence-corrected chi connectivity index (χ1v) is 7.45. The van der Waals surface area contributed by atoms with Crippen LogP contribution in [0.1, 0.15) is 26.2 Å². The molecule has 2 heterocycles. The summed E-state index contributed by atoms with van der Waals surface area (Å²) < 4.78 is 0. The van der Waals surface area contributed by atoms with Gasteiger partial charge < -0.3 is 15.5 Å². The van der Waals surface area contributed by atoms with Crippen molar-refractivity contribution in [2.75, 3.05) is 25.9 Å². The molecular formula is C12H22ClN3O2S. The van der Waals surface area contributed by atoms with Gasteiger partial charge in [0.1, 0.15) is 6.04 Å². The molecule has 2 atom stereocenters. The molecule has 110 valence electrons. The van der Waals surface area contributed by atoms with Gasteiger partial charge in [-0.1, -0.05) is 0 Å². The Morgan fingerprint density at radius 2 is 2.26 bits per heavy atom. The van der Waals surface area contributed by atoms with Crippen LogP contribution in [0.5, 0.6) is 0 Å². The maximum atomic E-state index is 12.1. The molecule has 0 aliphatic carbocycles. The van der Waals surface area contributed by atoms with E-state index < -0.39 is 0 Å². The van der Waals surface area contributed by atoms with Gasteiger partial charge in [-0.2, -0.15) is 0 Å². The molecular weight excluding hydrogens is 286 g/mol. The number of fused-ring (bicyclic) bond motifs is 1. The molecule has 0 bridgehead atoms. The van der Waals surface area contributed by atoms with Crippen molar-refractivity contribution in [2.24, 2.45) is 0 Å². The maximum absolute atomic E-state index is 12.1. The van der Waals surface area contributed by atoms with Crippen molar-refractivity contribution in [3.63, 3.8) is 0 Å². The predicted molar refractivity (Wildman–Crippen MR) is 79.5 cm³/mol. The summed E-state index contributed by atoms with van der Waals surface area (Å²) in [6, 6.07) is -0.274. The summed E-state index contributed by atoms with van der Waals surface area (Å²) in [4.78, 5) is 25.6. The van der Waals surface area contributed by atoms with Crippen LogP contribution in [-0.4, -0.2) is 53.5 Å². The van der Waals surface area contributed by atoms with Crippen LogP contribution in [0.3, 0.4) is 0 Å². The fraction of sp³-hybridized carbons (Fsp3) is 0.833. The third-order valence-corrected chi connectivity index (χ3v) is 5.16. The van der Waals surface area contributed by atoms with Crippen molar-refractivity contribution < 1.29 is 9.59 Å². The maximum Gasteiger partial charge on any atom is 0.243 e. The number of amides is 2. The van der Waals surface area contributed by atoms with Gasteiger partial charge in [0.05, 0.1) is 4.87 Å². The Balaban J connectivity index is 0.00000180. The van der Waals surface area contributed by atoms with Gasteiger partial charge in [-0.15, -0.1) is 24.2 Å². The van der Waals surface area contributed by atoms with Crippen molar-refractivity contribution in [1.82, 2.24) is 15.5 Å². The minimum atomic E-state index is -0.274. The molecule has 2 aliphatic rings. The Hall–Kier alpha value is -0.460. The summed E-state index contributed by atoms with van der Waals surface area (Å²) in [6.07, 6.45) is 2.35. The third-order valence-electron chi connectivity index (χ3n) is 3.65. The second kappa shape index (κ2) is 6.81. The molecule has 0 aromatic carbocycles. The third kappa shape index (κ3) is 3.35. The number of nitrogens with zero attached hydrogens (tertiary/aromatic N) is 1. The van der Waals surface area contributed by atoms with Crippen LogP contribution in [-0.2, 0) is 9.59 Å². The van der Waals surface area contributed by atoms with E-state index in [2.05, 4.69) is 17.6 Å². The van der Waals surface area contributed by atoms with Gasteiger partial charge in [-0.3, -0.25) is 9.59 Å². The summed E-state index contributed by atoms with van der Waals surface area (Å²) in [5, 5.41) is 5.96. The molecule has 2 fully saturated rings. The number of carbonyl (C=O) groups excluding carboxylic acids is 2. The predicted octanol–water partition coefficient (Wildman–Crippen LogP) is 0.588. The van der Waals surface area contributed by atoms with Crippen LogP contribution in [0, 0.1) is 0 Å². The number of thioether (sulfide) groups is 1. The standard InChI is InChI=1S/C12H21N3O2S.ClH/c1-12-5-4-10(16)15(12)9(8-18-12)11(17)14-7-3-6-13-2;/h9,13H,3-8H2,1-2H3,(H,14,17);1H. The Labute approximate surface area is 124 Å². The summed E-state index contributed by atoms with van der Waals surface area (Å²) in [5.41, 5.74) is 0. The number of carbonyl (C=O) groups is 2. The largest absolute Gasteiger partial charge is 0.354 e. The first-order valence-electron chi connectivity index (χ1n) is 6.47. The molecule has 0 saturated carbocycles. The quantitative estimate of drug-likeness (QED) is 0.730.